The van der Waals surface area contributed by atoms with Crippen molar-refractivity contribution in [3.05, 3.63) is 54.1 Å². The molecule has 1 aliphatic rings. The fraction of sp³-hybridized carbons (Fsp3) is 0.263. The Morgan fingerprint density at radius 1 is 1.19 bits per heavy atom. The first-order valence-corrected chi connectivity index (χ1v) is 8.22. The van der Waals surface area contributed by atoms with Gasteiger partial charge in [0.05, 0.1) is 31.5 Å². The van der Waals surface area contributed by atoms with Gasteiger partial charge >= 0.3 is 5.97 Å². The summed E-state index contributed by atoms with van der Waals surface area (Å²) in [4.78, 5) is 25.5. The van der Waals surface area contributed by atoms with E-state index in [1.165, 1.54) is 4.90 Å². The lowest BCUT2D eigenvalue weighted by Gasteiger charge is -2.31. The molecule has 2 N–H and O–H groups in total. The van der Waals surface area contributed by atoms with Crippen molar-refractivity contribution in [2.45, 2.75) is 6.10 Å². The third kappa shape index (κ3) is 3.94. The standard InChI is InChI=1S/C19H20N2O5/c1-25-14-8-6-13(7-9-14)20-16-5-3-2-4-15(16)18(22)21-10-11-26-17(12-21)19(23)24/h2-9,17,20H,10-12H2,1H3,(H,23,24)/t17-/m0/s1. The van der Waals surface area contributed by atoms with Crippen molar-refractivity contribution in [2.75, 3.05) is 32.1 Å². The topological polar surface area (TPSA) is 88.1 Å². The van der Waals surface area contributed by atoms with Gasteiger partial charge < -0.3 is 24.8 Å². The van der Waals surface area contributed by atoms with E-state index in [1.807, 2.05) is 36.4 Å². The Morgan fingerprint density at radius 3 is 2.62 bits per heavy atom. The Balaban J connectivity index is 1.79. The van der Waals surface area contributed by atoms with E-state index in [4.69, 9.17) is 14.6 Å². The van der Waals surface area contributed by atoms with Gasteiger partial charge in [-0.05, 0) is 36.4 Å². The van der Waals surface area contributed by atoms with E-state index in [0.29, 0.717) is 17.8 Å². The van der Waals surface area contributed by atoms with Gasteiger partial charge in [-0.2, -0.15) is 0 Å². The van der Waals surface area contributed by atoms with Crippen LogP contribution in [0.25, 0.3) is 0 Å². The number of para-hydroxylation sites is 1. The highest BCUT2D eigenvalue weighted by Crippen LogP contribution is 2.24. The molecule has 2 aromatic rings. The Morgan fingerprint density at radius 2 is 1.92 bits per heavy atom. The van der Waals surface area contributed by atoms with Crippen molar-refractivity contribution in [3.8, 4) is 5.75 Å². The molecule has 2 aromatic carbocycles. The van der Waals surface area contributed by atoms with Gasteiger partial charge in [0, 0.05) is 12.2 Å². The van der Waals surface area contributed by atoms with Crippen LogP contribution < -0.4 is 10.1 Å². The van der Waals surface area contributed by atoms with Crippen molar-refractivity contribution in [1.29, 1.82) is 0 Å². The fourth-order valence-corrected chi connectivity index (χ4v) is 2.76. The second kappa shape index (κ2) is 7.88. The van der Waals surface area contributed by atoms with Gasteiger partial charge in [0.2, 0.25) is 0 Å². The van der Waals surface area contributed by atoms with Crippen LogP contribution in [-0.4, -0.2) is 54.8 Å². The van der Waals surface area contributed by atoms with Crippen LogP contribution >= 0.6 is 0 Å². The normalized spacial score (nSPS) is 16.8. The number of nitrogens with one attached hydrogen (secondary N) is 1. The molecule has 7 nitrogen and oxygen atoms in total. The highest BCUT2D eigenvalue weighted by atomic mass is 16.5. The summed E-state index contributed by atoms with van der Waals surface area (Å²) in [5.41, 5.74) is 1.95. The number of benzene rings is 2. The van der Waals surface area contributed by atoms with Gasteiger partial charge in [0.25, 0.3) is 5.91 Å². The number of carboxylic acid groups (broad SMARTS) is 1. The zero-order valence-corrected chi connectivity index (χ0v) is 14.3. The van der Waals surface area contributed by atoms with Gasteiger partial charge in [-0.15, -0.1) is 0 Å². The third-order valence-corrected chi connectivity index (χ3v) is 4.16. The molecule has 0 saturated carbocycles. The molecule has 26 heavy (non-hydrogen) atoms. The molecule has 0 bridgehead atoms. The predicted molar refractivity (Wildman–Crippen MR) is 96.0 cm³/mol. The highest BCUT2D eigenvalue weighted by molar-refractivity contribution is 6.00. The number of anilines is 2. The van der Waals surface area contributed by atoms with E-state index < -0.39 is 12.1 Å². The molecule has 0 aliphatic carbocycles. The van der Waals surface area contributed by atoms with E-state index >= 15 is 0 Å². The summed E-state index contributed by atoms with van der Waals surface area (Å²) in [6.45, 7) is 0.599. The Hall–Kier alpha value is -3.06. The van der Waals surface area contributed by atoms with Crippen molar-refractivity contribution in [1.82, 2.24) is 4.90 Å². The molecule has 3 rings (SSSR count). The molecule has 1 aliphatic heterocycles. The number of morpholine rings is 1. The van der Waals surface area contributed by atoms with Crippen LogP contribution in [0.2, 0.25) is 0 Å². The Bertz CT molecular complexity index is 791. The summed E-state index contributed by atoms with van der Waals surface area (Å²) < 4.78 is 10.3. The van der Waals surface area contributed by atoms with Gasteiger partial charge in [0.15, 0.2) is 6.10 Å². The summed E-state index contributed by atoms with van der Waals surface area (Å²) in [5, 5.41) is 12.3. The lowest BCUT2D eigenvalue weighted by atomic mass is 10.1. The van der Waals surface area contributed by atoms with Crippen LogP contribution in [0.3, 0.4) is 0 Å². The molecule has 0 aromatic heterocycles. The number of carbonyl (C=O) groups excluding carboxylic acids is 1. The molecule has 1 saturated heterocycles. The van der Waals surface area contributed by atoms with Crippen LogP contribution in [-0.2, 0) is 9.53 Å². The fourth-order valence-electron chi connectivity index (χ4n) is 2.76. The minimum Gasteiger partial charge on any atom is -0.497 e. The Labute approximate surface area is 151 Å². The SMILES string of the molecule is COc1ccc(Nc2ccccc2C(=O)N2CCO[C@H](C(=O)O)C2)cc1. The smallest absolute Gasteiger partial charge is 0.334 e. The summed E-state index contributed by atoms with van der Waals surface area (Å²) in [6, 6.07) is 14.5. The number of rotatable bonds is 5. The number of carbonyl (C=O) groups is 2. The molecule has 1 amide bonds. The number of hydrogen-bond acceptors (Lipinski definition) is 5. The van der Waals surface area contributed by atoms with Crippen LogP contribution in [0.1, 0.15) is 10.4 Å². The van der Waals surface area contributed by atoms with E-state index in [0.717, 1.165) is 11.4 Å². The summed E-state index contributed by atoms with van der Waals surface area (Å²) in [6.07, 6.45) is -0.991. The van der Waals surface area contributed by atoms with Crippen LogP contribution in [0.4, 0.5) is 11.4 Å². The lowest BCUT2D eigenvalue weighted by Crippen LogP contribution is -2.48. The zero-order valence-electron chi connectivity index (χ0n) is 14.3. The molecule has 1 atom stereocenters. The molecule has 136 valence electrons. The average Bonchev–Trinajstić information content (AvgIpc) is 2.68. The molecule has 0 unspecified atom stereocenters. The Kier molecular flexibility index (Phi) is 5.38. The number of ether oxygens (including phenoxy) is 2. The summed E-state index contributed by atoms with van der Waals surface area (Å²) in [5.74, 6) is -0.545. The molecule has 1 heterocycles. The van der Waals surface area contributed by atoms with E-state index in [1.54, 1.807) is 19.2 Å². The maximum absolute atomic E-state index is 12.9. The largest absolute Gasteiger partial charge is 0.497 e. The van der Waals surface area contributed by atoms with Crippen molar-refractivity contribution in [2.24, 2.45) is 0 Å². The minimum atomic E-state index is -1.06. The molecular weight excluding hydrogens is 336 g/mol. The van der Waals surface area contributed by atoms with E-state index in [-0.39, 0.29) is 19.1 Å². The number of amides is 1. The number of aliphatic carboxylic acids is 1. The molecular formula is C19H20N2O5. The van der Waals surface area contributed by atoms with Gasteiger partial charge in [0.1, 0.15) is 5.75 Å². The average molecular weight is 356 g/mol. The summed E-state index contributed by atoms with van der Waals surface area (Å²) in [7, 11) is 1.60. The second-order valence-electron chi connectivity index (χ2n) is 5.85. The van der Waals surface area contributed by atoms with Gasteiger partial charge in [-0.3, -0.25) is 4.79 Å². The second-order valence-corrected chi connectivity index (χ2v) is 5.85. The maximum atomic E-state index is 12.9. The molecule has 1 fully saturated rings. The molecule has 0 radical (unpaired) electrons. The van der Waals surface area contributed by atoms with Crippen LogP contribution in [0, 0.1) is 0 Å². The first kappa shape index (κ1) is 17.8. The maximum Gasteiger partial charge on any atom is 0.334 e. The molecule has 7 heteroatoms. The van der Waals surface area contributed by atoms with Gasteiger partial charge in [-0.25, -0.2) is 4.79 Å². The zero-order chi connectivity index (χ0) is 18.5. The van der Waals surface area contributed by atoms with Gasteiger partial charge in [-0.1, -0.05) is 12.1 Å². The predicted octanol–water partition coefficient (Wildman–Crippen LogP) is 2.36. The number of hydrogen-bond donors (Lipinski definition) is 2. The third-order valence-electron chi connectivity index (χ3n) is 4.16. The molecule has 0 spiro atoms. The summed E-state index contributed by atoms with van der Waals surface area (Å²) >= 11 is 0. The van der Waals surface area contributed by atoms with E-state index in [2.05, 4.69) is 5.32 Å². The lowest BCUT2D eigenvalue weighted by molar-refractivity contribution is -0.154. The first-order chi connectivity index (χ1) is 12.6. The number of methoxy groups -OCH3 is 1. The van der Waals surface area contributed by atoms with Crippen LogP contribution in [0.5, 0.6) is 5.75 Å². The van der Waals surface area contributed by atoms with Crippen molar-refractivity contribution < 1.29 is 24.2 Å². The monoisotopic (exact) mass is 356 g/mol. The van der Waals surface area contributed by atoms with Crippen molar-refractivity contribution >= 4 is 23.3 Å². The highest BCUT2D eigenvalue weighted by Gasteiger charge is 2.30. The number of nitrogens with zero attached hydrogens (tertiary/aromatic N) is 1. The van der Waals surface area contributed by atoms with Crippen molar-refractivity contribution in [3.63, 3.8) is 0 Å². The quantitative estimate of drug-likeness (QED) is 0.855. The minimum absolute atomic E-state index is 0.0328. The van der Waals surface area contributed by atoms with E-state index in [9.17, 15) is 9.59 Å². The van der Waals surface area contributed by atoms with Crippen LogP contribution in [0.15, 0.2) is 48.5 Å². The first-order valence-electron chi connectivity index (χ1n) is 8.22. The number of carboxylic acids is 1.